The third kappa shape index (κ3) is 9.33. The van der Waals surface area contributed by atoms with Crippen LogP contribution in [0.15, 0.2) is 37.4 Å². The molecule has 0 radical (unpaired) electrons. The molecule has 2 saturated heterocycles. The number of phenols is 2. The molecule has 0 aliphatic carbocycles. The summed E-state index contributed by atoms with van der Waals surface area (Å²) in [4.78, 5) is 47.3. The lowest BCUT2D eigenvalue weighted by Crippen LogP contribution is -2.68. The first kappa shape index (κ1) is 58.7. The molecule has 8 aliphatic heterocycles. The Morgan fingerprint density at radius 2 is 1.07 bits per heavy atom. The van der Waals surface area contributed by atoms with Crippen molar-refractivity contribution >= 4 is 18.2 Å². The average molecular weight is 1160 g/mol. The maximum absolute atomic E-state index is 12.9. The van der Waals surface area contributed by atoms with Crippen LogP contribution in [0.4, 0.5) is 9.59 Å². The summed E-state index contributed by atoms with van der Waals surface area (Å²) >= 11 is 0. The molecule has 21 nitrogen and oxygen atoms in total. The number of piperazine rings is 2. The molecule has 8 heterocycles. The molecule has 0 saturated carbocycles. The number of likely N-dealkylation sites (N-methyl/N-ethyl adjacent to an activating group) is 2. The van der Waals surface area contributed by atoms with E-state index >= 15 is 0 Å². The van der Waals surface area contributed by atoms with Gasteiger partial charge in [0.05, 0.1) is 36.3 Å². The summed E-state index contributed by atoms with van der Waals surface area (Å²) in [7, 11) is 4.03. The Balaban J connectivity index is 0.000000178. The van der Waals surface area contributed by atoms with E-state index in [0.29, 0.717) is 82.6 Å². The second-order valence-electron chi connectivity index (χ2n) is 23.7. The molecule has 4 bridgehead atoms. The largest absolute Gasteiger partial charge is 0.514 e. The summed E-state index contributed by atoms with van der Waals surface area (Å²) in [5.74, 6) is 2.89. The number of hydrogen-bond acceptors (Lipinski definition) is 20. The number of amides is 1. The van der Waals surface area contributed by atoms with Crippen molar-refractivity contribution in [2.45, 2.75) is 141 Å². The summed E-state index contributed by atoms with van der Waals surface area (Å²) in [5, 5.41) is 47.5. The second-order valence-corrected chi connectivity index (χ2v) is 23.7. The lowest BCUT2D eigenvalue weighted by atomic mass is 9.71. The number of aromatic hydroxyl groups is 2. The zero-order chi connectivity index (χ0) is 60.8. The number of nitrogens with one attached hydrogen (secondary N) is 1. The van der Waals surface area contributed by atoms with Crippen molar-refractivity contribution < 1.29 is 62.5 Å². The van der Waals surface area contributed by atoms with Gasteiger partial charge >= 0.3 is 12.3 Å². The van der Waals surface area contributed by atoms with Crippen LogP contribution in [-0.4, -0.2) is 138 Å². The van der Waals surface area contributed by atoms with Crippen molar-refractivity contribution in [3.8, 4) is 58.1 Å². The standard InChI is InChI=1S/C34H40N4O7.C30H34N4O6/c1-8-9-42-34(41)45-30-19(6)31-32(44-15-43-31)27-21(30)12-23-28-26-20(10-17(4)18(5)29(26)39)11-22(37(28)7)24(13-35)38(23)25(27)14-36-33(40)16(2)3;1-6-7-37-30(36)40-27-16(4)28-29(39-13-38-28)24-18(27)10-20-25-23-17(8-14(2)15(3)26(23)35)9-19(33(25)5)21(11-31)34(20)22(24)12-32/h8,10,16,22-25,28,39H,1,9,11-12,14-15H2,2-7H3,(H,36,40);6,8,19-22,25,35H,1,7,9-10,12-13,32H2,2-5H3/t22-,23?,24-,25-,28-;19-,20?,21-,22-,25-/m00/s1. The topological polar surface area (TPSA) is 264 Å². The van der Waals surface area contributed by atoms with E-state index in [1.807, 2.05) is 62.6 Å². The smallest absolute Gasteiger partial charge is 0.507 e. The van der Waals surface area contributed by atoms with Crippen LogP contribution in [0.2, 0.25) is 0 Å². The SMILES string of the molecule is C=CCOC(=O)Oc1c(C)c2c(c3c1CC1[C@H]4c5c(cc(C)c(C)c5O)C[C@@H]([C@H](C#N)N1[C@H]3CN)N4C)OCO2.C=CCOC(=O)Oc1c(C)c2c(c3c1CC1[C@H]4c5c(cc(C)c(C)c5O)C[C@@H]([C@H](C#N)N1[C@H]3CNC(=O)C(C)C)N4C)OCO2. The zero-order valence-corrected chi connectivity index (χ0v) is 49.8. The first-order valence-corrected chi connectivity index (χ1v) is 28.9. The molecule has 2 fully saturated rings. The molecule has 5 N–H and O–H groups in total. The van der Waals surface area contributed by atoms with Crippen molar-refractivity contribution in [2.75, 3.05) is 54.0 Å². The molecular formula is C64H74N8O13. The highest BCUT2D eigenvalue weighted by molar-refractivity contribution is 5.78. The van der Waals surface area contributed by atoms with E-state index in [9.17, 15) is 35.1 Å². The van der Waals surface area contributed by atoms with Crippen LogP contribution in [0.3, 0.4) is 0 Å². The van der Waals surface area contributed by atoms with Crippen molar-refractivity contribution in [2.24, 2.45) is 11.7 Å². The van der Waals surface area contributed by atoms with Gasteiger partial charge in [0.25, 0.3) is 0 Å². The van der Waals surface area contributed by atoms with Crippen LogP contribution in [0, 0.1) is 70.1 Å². The maximum Gasteiger partial charge on any atom is 0.514 e. The number of carbonyl (C=O) groups excluding carboxylic acids is 3. The molecule has 8 aliphatic rings. The van der Waals surface area contributed by atoms with Gasteiger partial charge in [-0.3, -0.25) is 24.4 Å². The minimum atomic E-state index is -0.881. The second kappa shape index (κ2) is 22.7. The Morgan fingerprint density at radius 1 is 0.659 bits per heavy atom. The van der Waals surface area contributed by atoms with Gasteiger partial charge in [-0.2, -0.15) is 10.5 Å². The molecule has 0 spiro atoms. The van der Waals surface area contributed by atoms with Gasteiger partial charge in [0.15, 0.2) is 23.0 Å². The third-order valence-electron chi connectivity index (χ3n) is 19.1. The summed E-state index contributed by atoms with van der Waals surface area (Å²) in [6, 6.07) is 6.16. The Hall–Kier alpha value is -8.05. The number of nitrogens with two attached hydrogens (primary N) is 1. The molecule has 10 atom stereocenters. The van der Waals surface area contributed by atoms with E-state index < -0.39 is 36.5 Å². The number of aryl methyl sites for hydroxylation is 2. The van der Waals surface area contributed by atoms with Gasteiger partial charge in [-0.15, -0.1) is 0 Å². The Bertz CT molecular complexity index is 3550. The number of fused-ring (bicyclic) bond motifs is 18. The quantitative estimate of drug-likeness (QED) is 0.0671. The first-order chi connectivity index (χ1) is 40.7. The van der Waals surface area contributed by atoms with Gasteiger partial charge in [-0.25, -0.2) is 9.59 Å². The van der Waals surface area contributed by atoms with Gasteiger partial charge in [-0.05, 0) is 115 Å². The van der Waals surface area contributed by atoms with Gasteiger partial charge in [-0.1, -0.05) is 51.3 Å². The molecule has 12 rings (SSSR count). The lowest BCUT2D eigenvalue weighted by Gasteiger charge is -2.60. The fourth-order valence-electron chi connectivity index (χ4n) is 15.0. The van der Waals surface area contributed by atoms with Gasteiger partial charge in [0, 0.05) is 87.7 Å². The minimum absolute atomic E-state index is 0.0133. The number of benzene rings is 4. The minimum Gasteiger partial charge on any atom is -0.507 e. The van der Waals surface area contributed by atoms with Crippen molar-refractivity contribution in [1.29, 1.82) is 10.5 Å². The molecule has 448 valence electrons. The van der Waals surface area contributed by atoms with Crippen LogP contribution >= 0.6 is 0 Å². The number of phenolic OH excluding ortho intramolecular Hbond substituents is 2. The Morgan fingerprint density at radius 3 is 1.47 bits per heavy atom. The Kier molecular flexibility index (Phi) is 15.7. The predicted octanol–water partition coefficient (Wildman–Crippen LogP) is 7.77. The number of ether oxygens (including phenoxy) is 8. The van der Waals surface area contributed by atoms with E-state index in [0.717, 1.165) is 61.2 Å². The van der Waals surface area contributed by atoms with E-state index in [-0.39, 0.29) is 93.7 Å². The summed E-state index contributed by atoms with van der Waals surface area (Å²) < 4.78 is 45.8. The van der Waals surface area contributed by atoms with Crippen LogP contribution in [0.25, 0.3) is 0 Å². The van der Waals surface area contributed by atoms with E-state index in [1.165, 1.54) is 12.2 Å². The van der Waals surface area contributed by atoms with Gasteiger partial charge in [0.2, 0.25) is 19.5 Å². The fourth-order valence-corrected chi connectivity index (χ4v) is 15.0. The molecule has 2 unspecified atom stereocenters. The van der Waals surface area contributed by atoms with Crippen LogP contribution in [-0.2, 0) is 40.0 Å². The highest BCUT2D eigenvalue weighted by Gasteiger charge is 2.59. The number of carbonyl (C=O) groups is 3. The van der Waals surface area contributed by atoms with Crippen LogP contribution in [0.1, 0.15) is 116 Å². The normalized spacial score (nSPS) is 25.4. The summed E-state index contributed by atoms with van der Waals surface area (Å²) in [5.41, 5.74) is 18.2. The number of rotatable bonds is 10. The fraction of sp³-hybridized carbons (Fsp3) is 0.484. The average Bonchev–Trinajstić information content (AvgIpc) is 1.31. The molecule has 4 aromatic rings. The lowest BCUT2D eigenvalue weighted by molar-refractivity contribution is -0.125. The monoisotopic (exact) mass is 1160 g/mol. The molecule has 1 amide bonds. The maximum atomic E-state index is 12.9. The van der Waals surface area contributed by atoms with E-state index in [4.69, 9.17) is 43.6 Å². The summed E-state index contributed by atoms with van der Waals surface area (Å²) in [6.45, 7) is 22.7. The van der Waals surface area contributed by atoms with Crippen molar-refractivity contribution in [3.63, 3.8) is 0 Å². The molecule has 4 aromatic carbocycles. The number of nitrogens with zero attached hydrogens (tertiary/aromatic N) is 6. The Labute approximate surface area is 494 Å². The summed E-state index contributed by atoms with van der Waals surface area (Å²) in [6.07, 6.45) is 3.23. The highest BCUT2D eigenvalue weighted by atomic mass is 16.7. The molecule has 21 heteroatoms. The molecular weight excluding hydrogens is 1090 g/mol. The van der Waals surface area contributed by atoms with Crippen LogP contribution < -0.4 is 39.5 Å². The third-order valence-corrected chi connectivity index (χ3v) is 19.1. The number of hydrogen-bond donors (Lipinski definition) is 4. The highest BCUT2D eigenvalue weighted by Crippen LogP contribution is 2.60. The predicted molar refractivity (Wildman–Crippen MR) is 310 cm³/mol. The van der Waals surface area contributed by atoms with Gasteiger partial charge < -0.3 is 59.2 Å². The molecule has 0 aromatic heterocycles. The van der Waals surface area contributed by atoms with E-state index in [1.54, 1.807) is 6.92 Å². The first-order valence-electron chi connectivity index (χ1n) is 28.9. The van der Waals surface area contributed by atoms with Crippen molar-refractivity contribution in [1.82, 2.24) is 24.9 Å². The van der Waals surface area contributed by atoms with Gasteiger partial charge in [0.1, 0.15) is 48.3 Å². The molecule has 85 heavy (non-hydrogen) atoms. The zero-order valence-electron chi connectivity index (χ0n) is 49.8. The number of nitriles is 2. The van der Waals surface area contributed by atoms with Crippen LogP contribution in [0.5, 0.6) is 46.0 Å². The van der Waals surface area contributed by atoms with E-state index in [2.05, 4.69) is 62.3 Å². The van der Waals surface area contributed by atoms with Crippen molar-refractivity contribution in [3.05, 3.63) is 115 Å².